The number of benzene rings is 2. The van der Waals surface area contributed by atoms with Gasteiger partial charge >= 0.3 is 5.97 Å². The van der Waals surface area contributed by atoms with Crippen LogP contribution in [-0.2, 0) is 11.3 Å². The Morgan fingerprint density at radius 2 is 1.50 bits per heavy atom. The summed E-state index contributed by atoms with van der Waals surface area (Å²) < 4.78 is 26.4. The third-order valence-electron chi connectivity index (χ3n) is 3.41. The summed E-state index contributed by atoms with van der Waals surface area (Å²) in [5.41, 5.74) is 1.18. The van der Waals surface area contributed by atoms with Crippen molar-refractivity contribution in [3.8, 4) is 23.0 Å². The number of esters is 1. The molecule has 0 amide bonds. The number of para-hydroxylation sites is 1. The van der Waals surface area contributed by atoms with Crippen molar-refractivity contribution in [3.63, 3.8) is 0 Å². The summed E-state index contributed by atoms with van der Waals surface area (Å²) in [4.78, 5) is 11.8. The highest BCUT2D eigenvalue weighted by atomic mass is 16.5. The number of hydrogen-bond acceptors (Lipinski definition) is 6. The number of methoxy groups -OCH3 is 4. The Hall–Kier alpha value is -2.89. The molecular formula is C18H20O6. The lowest BCUT2D eigenvalue weighted by atomic mass is 10.1. The van der Waals surface area contributed by atoms with E-state index in [4.69, 9.17) is 23.7 Å². The van der Waals surface area contributed by atoms with E-state index >= 15 is 0 Å². The summed E-state index contributed by atoms with van der Waals surface area (Å²) in [6, 6.07) is 10.5. The maximum atomic E-state index is 11.8. The van der Waals surface area contributed by atoms with E-state index in [1.54, 1.807) is 57.7 Å². The van der Waals surface area contributed by atoms with Crippen molar-refractivity contribution in [2.45, 2.75) is 6.61 Å². The van der Waals surface area contributed by atoms with Gasteiger partial charge in [-0.25, -0.2) is 4.79 Å². The van der Waals surface area contributed by atoms with E-state index in [2.05, 4.69) is 0 Å². The van der Waals surface area contributed by atoms with Gasteiger partial charge in [-0.2, -0.15) is 0 Å². The molecular weight excluding hydrogens is 312 g/mol. The molecule has 24 heavy (non-hydrogen) atoms. The number of carbonyl (C=O) groups is 1. The van der Waals surface area contributed by atoms with Crippen LogP contribution in [-0.4, -0.2) is 34.4 Å². The minimum Gasteiger partial charge on any atom is -0.493 e. The second-order valence-electron chi connectivity index (χ2n) is 4.81. The Bertz CT molecular complexity index is 685. The Labute approximate surface area is 140 Å². The summed E-state index contributed by atoms with van der Waals surface area (Å²) in [7, 11) is 5.98. The van der Waals surface area contributed by atoms with E-state index in [-0.39, 0.29) is 6.61 Å². The van der Waals surface area contributed by atoms with Crippen molar-refractivity contribution < 1.29 is 28.5 Å². The molecule has 0 saturated heterocycles. The molecule has 128 valence electrons. The topological polar surface area (TPSA) is 63.2 Å². The van der Waals surface area contributed by atoms with Gasteiger partial charge < -0.3 is 23.7 Å². The fraction of sp³-hybridized carbons (Fsp3) is 0.278. The summed E-state index contributed by atoms with van der Waals surface area (Å²) in [6.07, 6.45) is 0. The third kappa shape index (κ3) is 3.71. The molecule has 0 aliphatic heterocycles. The predicted octanol–water partition coefficient (Wildman–Crippen LogP) is 3.08. The zero-order chi connectivity index (χ0) is 17.5. The monoisotopic (exact) mass is 332 g/mol. The second kappa shape index (κ2) is 8.10. The SMILES string of the molecule is COC(=O)c1ccccc1OCc1cc(OC)c(OC)c(OC)c1. The van der Waals surface area contributed by atoms with Crippen molar-refractivity contribution in [2.24, 2.45) is 0 Å². The summed E-state index contributed by atoms with van der Waals surface area (Å²) in [6.45, 7) is 0.227. The first-order chi connectivity index (χ1) is 11.6. The van der Waals surface area contributed by atoms with Crippen molar-refractivity contribution in [1.82, 2.24) is 0 Å². The largest absolute Gasteiger partial charge is 0.493 e. The van der Waals surface area contributed by atoms with Crippen LogP contribution < -0.4 is 18.9 Å². The Morgan fingerprint density at radius 1 is 0.875 bits per heavy atom. The normalized spacial score (nSPS) is 10.0. The smallest absolute Gasteiger partial charge is 0.341 e. The molecule has 2 aromatic carbocycles. The molecule has 0 spiro atoms. The van der Waals surface area contributed by atoms with Crippen LogP contribution in [0.15, 0.2) is 36.4 Å². The fourth-order valence-corrected chi connectivity index (χ4v) is 2.25. The van der Waals surface area contributed by atoms with Crippen molar-refractivity contribution in [2.75, 3.05) is 28.4 Å². The van der Waals surface area contributed by atoms with Gasteiger partial charge in [0, 0.05) is 0 Å². The van der Waals surface area contributed by atoms with Gasteiger partial charge in [0.2, 0.25) is 5.75 Å². The summed E-state index contributed by atoms with van der Waals surface area (Å²) in [5, 5.41) is 0. The first-order valence-corrected chi connectivity index (χ1v) is 7.23. The number of rotatable bonds is 7. The molecule has 0 N–H and O–H groups in total. The zero-order valence-electron chi connectivity index (χ0n) is 14.1. The predicted molar refractivity (Wildman–Crippen MR) is 88.2 cm³/mol. The second-order valence-corrected chi connectivity index (χ2v) is 4.81. The van der Waals surface area contributed by atoms with Gasteiger partial charge in [-0.3, -0.25) is 0 Å². The molecule has 0 aromatic heterocycles. The molecule has 0 aliphatic carbocycles. The van der Waals surface area contributed by atoms with Gasteiger partial charge in [0.1, 0.15) is 17.9 Å². The van der Waals surface area contributed by atoms with Crippen molar-refractivity contribution >= 4 is 5.97 Å². The Morgan fingerprint density at radius 3 is 2.04 bits per heavy atom. The van der Waals surface area contributed by atoms with Gasteiger partial charge in [0.15, 0.2) is 11.5 Å². The number of ether oxygens (including phenoxy) is 5. The lowest BCUT2D eigenvalue weighted by molar-refractivity contribution is 0.0595. The number of hydrogen-bond donors (Lipinski definition) is 0. The molecule has 0 aliphatic rings. The molecule has 0 heterocycles. The van der Waals surface area contributed by atoms with Crippen LogP contribution in [0.2, 0.25) is 0 Å². The molecule has 0 bridgehead atoms. The van der Waals surface area contributed by atoms with Crippen molar-refractivity contribution in [3.05, 3.63) is 47.5 Å². The van der Waals surface area contributed by atoms with E-state index in [1.165, 1.54) is 7.11 Å². The van der Waals surface area contributed by atoms with Gasteiger partial charge in [0.25, 0.3) is 0 Å². The molecule has 6 heteroatoms. The minimum absolute atomic E-state index is 0.227. The molecule has 0 saturated carbocycles. The Balaban J connectivity index is 2.26. The summed E-state index contributed by atoms with van der Waals surface area (Å²) in [5.74, 6) is 1.58. The van der Waals surface area contributed by atoms with E-state index in [1.807, 2.05) is 0 Å². The van der Waals surface area contributed by atoms with Crippen LogP contribution >= 0.6 is 0 Å². The first kappa shape index (κ1) is 17.5. The highest BCUT2D eigenvalue weighted by Crippen LogP contribution is 2.38. The maximum absolute atomic E-state index is 11.8. The molecule has 0 fully saturated rings. The van der Waals surface area contributed by atoms with Gasteiger partial charge in [-0.15, -0.1) is 0 Å². The lowest BCUT2D eigenvalue weighted by Crippen LogP contribution is -2.06. The first-order valence-electron chi connectivity index (χ1n) is 7.23. The van der Waals surface area contributed by atoms with Crippen LogP contribution in [0.4, 0.5) is 0 Å². The van der Waals surface area contributed by atoms with Crippen LogP contribution in [0.5, 0.6) is 23.0 Å². The highest BCUT2D eigenvalue weighted by Gasteiger charge is 2.15. The lowest BCUT2D eigenvalue weighted by Gasteiger charge is -2.15. The van der Waals surface area contributed by atoms with Gasteiger partial charge in [0.05, 0.1) is 28.4 Å². The van der Waals surface area contributed by atoms with Crippen LogP contribution in [0, 0.1) is 0 Å². The van der Waals surface area contributed by atoms with E-state index < -0.39 is 5.97 Å². The molecule has 0 radical (unpaired) electrons. The van der Waals surface area contributed by atoms with E-state index in [0.717, 1.165) is 5.56 Å². The standard InChI is InChI=1S/C18H20O6/c1-20-15-9-12(10-16(21-2)17(15)22-3)11-24-14-8-6-5-7-13(14)18(19)23-4/h5-10H,11H2,1-4H3. The van der Waals surface area contributed by atoms with Crippen LogP contribution in [0.25, 0.3) is 0 Å². The number of carbonyl (C=O) groups excluding carboxylic acids is 1. The van der Waals surface area contributed by atoms with E-state index in [0.29, 0.717) is 28.6 Å². The Kier molecular flexibility index (Phi) is 5.89. The van der Waals surface area contributed by atoms with Gasteiger partial charge in [-0.05, 0) is 29.8 Å². The van der Waals surface area contributed by atoms with Crippen molar-refractivity contribution in [1.29, 1.82) is 0 Å². The maximum Gasteiger partial charge on any atom is 0.341 e. The van der Waals surface area contributed by atoms with Crippen LogP contribution in [0.1, 0.15) is 15.9 Å². The minimum atomic E-state index is -0.449. The average Bonchev–Trinajstić information content (AvgIpc) is 2.64. The molecule has 2 rings (SSSR count). The quantitative estimate of drug-likeness (QED) is 0.726. The molecule has 0 unspecified atom stereocenters. The third-order valence-corrected chi connectivity index (χ3v) is 3.41. The fourth-order valence-electron chi connectivity index (χ4n) is 2.25. The molecule has 2 aromatic rings. The molecule has 0 atom stereocenters. The van der Waals surface area contributed by atoms with E-state index in [9.17, 15) is 4.79 Å². The van der Waals surface area contributed by atoms with Gasteiger partial charge in [-0.1, -0.05) is 12.1 Å². The average molecular weight is 332 g/mol. The van der Waals surface area contributed by atoms with Crippen LogP contribution in [0.3, 0.4) is 0 Å². The summed E-state index contributed by atoms with van der Waals surface area (Å²) >= 11 is 0. The zero-order valence-corrected chi connectivity index (χ0v) is 14.1. The highest BCUT2D eigenvalue weighted by molar-refractivity contribution is 5.92. The molecule has 6 nitrogen and oxygen atoms in total.